The summed E-state index contributed by atoms with van der Waals surface area (Å²) in [7, 11) is 0. The van der Waals surface area contributed by atoms with Crippen LogP contribution in [0.4, 0.5) is 5.95 Å². The number of pyridine rings is 1. The molecule has 142 valence electrons. The zero-order valence-corrected chi connectivity index (χ0v) is 17.5. The van der Waals surface area contributed by atoms with E-state index >= 15 is 0 Å². The fourth-order valence-electron chi connectivity index (χ4n) is 2.85. The van der Waals surface area contributed by atoms with Crippen molar-refractivity contribution < 1.29 is 0 Å². The van der Waals surface area contributed by atoms with Crippen LogP contribution < -0.4 is 5.32 Å². The van der Waals surface area contributed by atoms with Gasteiger partial charge in [0.15, 0.2) is 0 Å². The van der Waals surface area contributed by atoms with Crippen molar-refractivity contribution >= 4 is 28.6 Å². The van der Waals surface area contributed by atoms with Gasteiger partial charge in [-0.1, -0.05) is 6.07 Å². The number of anilines is 1. The predicted molar refractivity (Wildman–Crippen MR) is 117 cm³/mol. The number of rotatable bonds is 7. The molecule has 0 radical (unpaired) electrons. The fourth-order valence-corrected chi connectivity index (χ4v) is 4.42. The molecule has 0 saturated heterocycles. The van der Waals surface area contributed by atoms with E-state index in [-0.39, 0.29) is 0 Å². The van der Waals surface area contributed by atoms with E-state index < -0.39 is 0 Å². The van der Waals surface area contributed by atoms with E-state index in [1.165, 1.54) is 4.88 Å². The van der Waals surface area contributed by atoms with Crippen molar-refractivity contribution in [2.45, 2.75) is 26.7 Å². The van der Waals surface area contributed by atoms with Gasteiger partial charge in [0.1, 0.15) is 10.7 Å². The molecule has 0 amide bonds. The van der Waals surface area contributed by atoms with Crippen LogP contribution in [0.15, 0.2) is 47.4 Å². The SMILES string of the molecule is Cc1nc(-c2nc(NCCCc3ccccn3)ncc2-c2ccsc2)sc1C. The van der Waals surface area contributed by atoms with E-state index in [2.05, 4.69) is 45.1 Å². The van der Waals surface area contributed by atoms with Gasteiger partial charge in [-0.2, -0.15) is 11.3 Å². The van der Waals surface area contributed by atoms with Crippen LogP contribution in [0.3, 0.4) is 0 Å². The van der Waals surface area contributed by atoms with E-state index in [9.17, 15) is 0 Å². The minimum absolute atomic E-state index is 0.639. The van der Waals surface area contributed by atoms with Gasteiger partial charge in [0.2, 0.25) is 5.95 Å². The lowest BCUT2D eigenvalue weighted by molar-refractivity contribution is 0.829. The number of hydrogen-bond donors (Lipinski definition) is 1. The summed E-state index contributed by atoms with van der Waals surface area (Å²) in [5, 5.41) is 8.48. The van der Waals surface area contributed by atoms with Gasteiger partial charge in [0.25, 0.3) is 0 Å². The maximum Gasteiger partial charge on any atom is 0.223 e. The Morgan fingerprint density at radius 1 is 1.07 bits per heavy atom. The largest absolute Gasteiger partial charge is 0.354 e. The Bertz CT molecular complexity index is 1020. The summed E-state index contributed by atoms with van der Waals surface area (Å²) >= 11 is 3.35. The van der Waals surface area contributed by atoms with Crippen molar-refractivity contribution in [2.75, 3.05) is 11.9 Å². The molecule has 4 heterocycles. The van der Waals surface area contributed by atoms with Crippen LogP contribution in [0, 0.1) is 13.8 Å². The maximum atomic E-state index is 4.81. The molecule has 0 unspecified atom stereocenters. The highest BCUT2D eigenvalue weighted by Crippen LogP contribution is 2.35. The first-order valence-corrected chi connectivity index (χ1v) is 10.9. The van der Waals surface area contributed by atoms with Gasteiger partial charge in [0.05, 0.1) is 5.69 Å². The quantitative estimate of drug-likeness (QED) is 0.416. The van der Waals surface area contributed by atoms with Gasteiger partial charge in [-0.3, -0.25) is 4.98 Å². The van der Waals surface area contributed by atoms with Crippen molar-refractivity contribution in [3.63, 3.8) is 0 Å². The summed E-state index contributed by atoms with van der Waals surface area (Å²) in [6, 6.07) is 8.11. The Kier molecular flexibility index (Phi) is 5.73. The molecule has 7 heteroatoms. The van der Waals surface area contributed by atoms with Gasteiger partial charge in [-0.15, -0.1) is 11.3 Å². The summed E-state index contributed by atoms with van der Waals surface area (Å²) in [6.07, 6.45) is 5.63. The lowest BCUT2D eigenvalue weighted by atomic mass is 10.1. The first-order chi connectivity index (χ1) is 13.7. The molecule has 0 spiro atoms. The van der Waals surface area contributed by atoms with Crippen molar-refractivity contribution in [2.24, 2.45) is 0 Å². The average molecular weight is 408 g/mol. The molecule has 0 aliphatic rings. The number of hydrogen-bond acceptors (Lipinski definition) is 7. The van der Waals surface area contributed by atoms with Gasteiger partial charge < -0.3 is 5.32 Å². The third-order valence-electron chi connectivity index (χ3n) is 4.47. The second kappa shape index (κ2) is 8.58. The molecule has 4 aromatic rings. The smallest absolute Gasteiger partial charge is 0.223 e. The van der Waals surface area contributed by atoms with E-state index in [0.717, 1.165) is 52.6 Å². The molecule has 0 atom stereocenters. The molecule has 0 bridgehead atoms. The molecular weight excluding hydrogens is 386 g/mol. The molecule has 0 fully saturated rings. The number of thiazole rings is 1. The highest BCUT2D eigenvalue weighted by atomic mass is 32.1. The number of nitrogens with one attached hydrogen (secondary N) is 1. The van der Waals surface area contributed by atoms with E-state index in [4.69, 9.17) is 9.97 Å². The zero-order valence-electron chi connectivity index (χ0n) is 15.8. The van der Waals surface area contributed by atoms with Crippen LogP contribution in [0.2, 0.25) is 0 Å². The third-order valence-corrected chi connectivity index (χ3v) is 6.23. The van der Waals surface area contributed by atoms with Gasteiger partial charge in [-0.05, 0) is 61.2 Å². The lowest BCUT2D eigenvalue weighted by Crippen LogP contribution is -2.07. The number of aryl methyl sites for hydroxylation is 3. The standard InChI is InChI=1S/C21H21N5S2/c1-14-15(2)28-20(25-14)19-18(16-8-11-27-13-16)12-24-21(26-19)23-10-5-7-17-6-3-4-9-22-17/h3-4,6,8-9,11-13H,5,7,10H2,1-2H3,(H,23,24,26). The predicted octanol–water partition coefficient (Wildman–Crippen LogP) is 5.39. The molecule has 0 aliphatic carbocycles. The first kappa shape index (κ1) is 18.7. The normalized spacial score (nSPS) is 10.9. The number of thiophene rings is 1. The van der Waals surface area contributed by atoms with Crippen molar-refractivity contribution in [3.8, 4) is 21.8 Å². The van der Waals surface area contributed by atoms with Crippen molar-refractivity contribution in [1.82, 2.24) is 19.9 Å². The summed E-state index contributed by atoms with van der Waals surface area (Å²) in [5.74, 6) is 0.639. The van der Waals surface area contributed by atoms with Crippen LogP contribution in [-0.4, -0.2) is 26.5 Å². The zero-order chi connectivity index (χ0) is 19.3. The Hall–Kier alpha value is -2.64. The number of aromatic nitrogens is 4. The van der Waals surface area contributed by atoms with Crippen LogP contribution in [0.5, 0.6) is 0 Å². The monoisotopic (exact) mass is 407 g/mol. The maximum absolute atomic E-state index is 4.81. The molecular formula is C21H21N5S2. The second-order valence-electron chi connectivity index (χ2n) is 6.48. The molecule has 0 aromatic carbocycles. The molecule has 28 heavy (non-hydrogen) atoms. The summed E-state index contributed by atoms with van der Waals surface area (Å²) < 4.78 is 0. The van der Waals surface area contributed by atoms with Gasteiger partial charge in [0, 0.05) is 35.1 Å². The molecule has 5 nitrogen and oxygen atoms in total. The topological polar surface area (TPSA) is 63.6 Å². The molecule has 4 rings (SSSR count). The highest BCUT2D eigenvalue weighted by Gasteiger charge is 2.16. The minimum atomic E-state index is 0.639. The summed E-state index contributed by atoms with van der Waals surface area (Å²) in [4.78, 5) is 19.7. The number of nitrogens with zero attached hydrogens (tertiary/aromatic N) is 4. The Morgan fingerprint density at radius 2 is 2.00 bits per heavy atom. The molecule has 4 aromatic heterocycles. The lowest BCUT2D eigenvalue weighted by Gasteiger charge is -2.09. The average Bonchev–Trinajstić information content (AvgIpc) is 3.36. The van der Waals surface area contributed by atoms with Crippen LogP contribution >= 0.6 is 22.7 Å². The molecule has 0 aliphatic heterocycles. The minimum Gasteiger partial charge on any atom is -0.354 e. The van der Waals surface area contributed by atoms with Crippen molar-refractivity contribution in [1.29, 1.82) is 0 Å². The Morgan fingerprint density at radius 3 is 2.71 bits per heavy atom. The van der Waals surface area contributed by atoms with Gasteiger partial charge in [-0.25, -0.2) is 15.0 Å². The summed E-state index contributed by atoms with van der Waals surface area (Å²) in [5.41, 5.74) is 5.20. The van der Waals surface area contributed by atoms with E-state index in [0.29, 0.717) is 5.95 Å². The fraction of sp³-hybridized carbons (Fsp3) is 0.238. The highest BCUT2D eigenvalue weighted by molar-refractivity contribution is 7.15. The Labute approximate surface area is 172 Å². The van der Waals surface area contributed by atoms with Crippen LogP contribution in [0.1, 0.15) is 22.7 Å². The Balaban J connectivity index is 1.53. The van der Waals surface area contributed by atoms with Gasteiger partial charge >= 0.3 is 0 Å². The first-order valence-electron chi connectivity index (χ1n) is 9.18. The second-order valence-corrected chi connectivity index (χ2v) is 8.46. The van der Waals surface area contributed by atoms with Crippen molar-refractivity contribution in [3.05, 3.63) is 63.7 Å². The third kappa shape index (κ3) is 4.26. The van der Waals surface area contributed by atoms with Crippen LogP contribution in [-0.2, 0) is 6.42 Å². The molecule has 1 N–H and O–H groups in total. The van der Waals surface area contributed by atoms with E-state index in [1.54, 1.807) is 22.7 Å². The summed E-state index contributed by atoms with van der Waals surface area (Å²) in [6.45, 7) is 4.93. The van der Waals surface area contributed by atoms with Crippen LogP contribution in [0.25, 0.3) is 21.8 Å². The molecule has 0 saturated carbocycles. The van der Waals surface area contributed by atoms with E-state index in [1.807, 2.05) is 31.5 Å².